The minimum atomic E-state index is 0.661. The second-order valence-electron chi connectivity index (χ2n) is 15.1. The molecule has 10 aromatic carbocycles. The molecule has 274 valence electrons. The summed E-state index contributed by atoms with van der Waals surface area (Å²) in [7, 11) is 0. The molecule has 0 unspecified atom stereocenters. The molecule has 0 fully saturated rings. The molecule has 2 nitrogen and oxygen atoms in total. The van der Waals surface area contributed by atoms with Crippen LogP contribution in [0, 0.1) is 11.3 Å². The largest absolute Gasteiger partial charge is 0.311 e. The average molecular weight is 749 g/mol. The van der Waals surface area contributed by atoms with E-state index in [1.807, 2.05) is 24.3 Å². The van der Waals surface area contributed by atoms with Gasteiger partial charge >= 0.3 is 0 Å². The average Bonchev–Trinajstić information content (AvgIpc) is 3.64. The van der Waals surface area contributed by atoms with Crippen molar-refractivity contribution in [2.75, 3.05) is 4.90 Å². The molecule has 1 aliphatic rings. The quantitative estimate of drug-likeness (QED) is 0.162. The molecule has 0 saturated heterocycles. The molecule has 0 spiro atoms. The second kappa shape index (κ2) is 14.2. The molecule has 59 heavy (non-hydrogen) atoms. The van der Waals surface area contributed by atoms with Gasteiger partial charge in [-0.2, -0.15) is 5.26 Å². The minimum Gasteiger partial charge on any atom is -0.311 e. The van der Waals surface area contributed by atoms with Crippen molar-refractivity contribution >= 4 is 38.6 Å². The number of nitrogens with zero attached hydrogens (tertiary/aromatic N) is 2. The Morgan fingerprint density at radius 1 is 0.288 bits per heavy atom. The molecule has 0 atom stereocenters. The lowest BCUT2D eigenvalue weighted by atomic mass is 9.82. The minimum absolute atomic E-state index is 0.661. The van der Waals surface area contributed by atoms with Crippen LogP contribution in [0.25, 0.3) is 88.3 Å². The van der Waals surface area contributed by atoms with E-state index < -0.39 is 0 Å². The van der Waals surface area contributed by atoms with Gasteiger partial charge in [0.15, 0.2) is 0 Å². The first kappa shape index (κ1) is 34.3. The van der Waals surface area contributed by atoms with Crippen molar-refractivity contribution in [2.24, 2.45) is 0 Å². The predicted octanol–water partition coefficient (Wildman–Crippen LogP) is 15.6. The number of anilines is 3. The van der Waals surface area contributed by atoms with Crippen LogP contribution >= 0.6 is 0 Å². The molecule has 0 N–H and O–H groups in total. The molecule has 0 radical (unpaired) electrons. The summed E-state index contributed by atoms with van der Waals surface area (Å²) in [5.41, 5.74) is 18.7. The van der Waals surface area contributed by atoms with E-state index in [0.717, 1.165) is 28.2 Å². The van der Waals surface area contributed by atoms with Crippen molar-refractivity contribution < 1.29 is 0 Å². The van der Waals surface area contributed by atoms with E-state index in [1.54, 1.807) is 0 Å². The van der Waals surface area contributed by atoms with Crippen LogP contribution in [-0.4, -0.2) is 0 Å². The monoisotopic (exact) mass is 748 g/mol. The van der Waals surface area contributed by atoms with Crippen LogP contribution in [0.5, 0.6) is 0 Å². The van der Waals surface area contributed by atoms with Crippen molar-refractivity contribution in [1.29, 1.82) is 5.26 Å². The maximum absolute atomic E-state index is 9.26. The SMILES string of the molecule is N#Cc1ccc(-c2ccc(N(c3ccccc3)c3ccc(-c4ccc5c6c(cccc46)-c4c-5c(-c5ccccc5)c5ccccc5c4-c4ccccc4)cc3)cc2)cc1. The topological polar surface area (TPSA) is 27.0 Å². The molecule has 10 aromatic rings. The molecule has 0 aliphatic heterocycles. The highest BCUT2D eigenvalue weighted by atomic mass is 15.1. The van der Waals surface area contributed by atoms with Gasteiger partial charge in [-0.1, -0.05) is 170 Å². The van der Waals surface area contributed by atoms with E-state index in [2.05, 4.69) is 205 Å². The summed E-state index contributed by atoms with van der Waals surface area (Å²) in [5.74, 6) is 0. The van der Waals surface area contributed by atoms with Crippen molar-refractivity contribution in [3.8, 4) is 72.8 Å². The fourth-order valence-corrected chi connectivity index (χ4v) is 9.22. The van der Waals surface area contributed by atoms with Gasteiger partial charge in [-0.05, 0) is 137 Å². The van der Waals surface area contributed by atoms with E-state index in [-0.39, 0.29) is 0 Å². The van der Waals surface area contributed by atoms with E-state index in [0.29, 0.717) is 5.56 Å². The number of benzene rings is 10. The number of rotatable bonds is 7. The molecule has 11 rings (SSSR count). The standard InChI is InChI=1S/C57H36N2/c58-37-38-23-25-39(26-24-38)40-27-31-45(32-28-40)59(44-17-8-3-9-18-44)46-33-29-41(30-34-46)47-35-36-52-55-48(47)21-12-22-51(55)56-53(42-13-4-1-5-14-42)49-19-10-11-20-50(49)54(57(52)56)43-15-6-2-7-16-43/h1-36H. The Kier molecular flexibility index (Phi) is 8.24. The Balaban J connectivity index is 1.05. The molecule has 0 aromatic heterocycles. The van der Waals surface area contributed by atoms with Crippen LogP contribution in [-0.2, 0) is 0 Å². The maximum Gasteiger partial charge on any atom is 0.0991 e. The highest BCUT2D eigenvalue weighted by Gasteiger charge is 2.31. The summed E-state index contributed by atoms with van der Waals surface area (Å²) in [6.45, 7) is 0. The number of hydrogen-bond donors (Lipinski definition) is 0. The van der Waals surface area contributed by atoms with Crippen LogP contribution in [0.2, 0.25) is 0 Å². The molecule has 0 bridgehead atoms. The van der Waals surface area contributed by atoms with Crippen molar-refractivity contribution in [3.05, 3.63) is 224 Å². The molecular formula is C57H36N2. The van der Waals surface area contributed by atoms with E-state index in [4.69, 9.17) is 0 Å². The fraction of sp³-hybridized carbons (Fsp3) is 0. The van der Waals surface area contributed by atoms with Gasteiger partial charge in [0.05, 0.1) is 11.6 Å². The van der Waals surface area contributed by atoms with Crippen LogP contribution < -0.4 is 4.90 Å². The Hall–Kier alpha value is -7.99. The lowest BCUT2D eigenvalue weighted by Gasteiger charge is -2.26. The molecule has 0 amide bonds. The molecule has 0 saturated carbocycles. The summed E-state index contributed by atoms with van der Waals surface area (Å²) in [4.78, 5) is 2.30. The van der Waals surface area contributed by atoms with E-state index in [1.165, 1.54) is 77.2 Å². The lowest BCUT2D eigenvalue weighted by Crippen LogP contribution is -2.09. The van der Waals surface area contributed by atoms with Gasteiger partial charge in [-0.25, -0.2) is 0 Å². The van der Waals surface area contributed by atoms with Gasteiger partial charge in [0.1, 0.15) is 0 Å². The van der Waals surface area contributed by atoms with Gasteiger partial charge in [0.2, 0.25) is 0 Å². The lowest BCUT2D eigenvalue weighted by molar-refractivity contribution is 1.28. The zero-order chi connectivity index (χ0) is 39.3. The normalized spacial score (nSPS) is 11.4. The Morgan fingerprint density at radius 3 is 1.25 bits per heavy atom. The van der Waals surface area contributed by atoms with E-state index >= 15 is 0 Å². The highest BCUT2D eigenvalue weighted by Crippen LogP contribution is 2.58. The molecule has 0 heterocycles. The third kappa shape index (κ3) is 5.72. The van der Waals surface area contributed by atoms with Gasteiger partial charge in [0, 0.05) is 17.1 Å². The number of fused-ring (bicyclic) bond motifs is 4. The summed E-state index contributed by atoms with van der Waals surface area (Å²) in [6, 6.07) is 80.5. The van der Waals surface area contributed by atoms with Gasteiger partial charge in [-0.3, -0.25) is 0 Å². The maximum atomic E-state index is 9.26. The fourth-order valence-electron chi connectivity index (χ4n) is 9.22. The molecule has 2 heteroatoms. The van der Waals surface area contributed by atoms with Gasteiger partial charge < -0.3 is 4.90 Å². The van der Waals surface area contributed by atoms with Crippen molar-refractivity contribution in [2.45, 2.75) is 0 Å². The highest BCUT2D eigenvalue weighted by molar-refractivity contribution is 6.28. The Labute approximate surface area is 344 Å². The van der Waals surface area contributed by atoms with Crippen LogP contribution in [0.1, 0.15) is 5.56 Å². The van der Waals surface area contributed by atoms with Gasteiger partial charge in [-0.15, -0.1) is 0 Å². The first-order chi connectivity index (χ1) is 29.2. The smallest absolute Gasteiger partial charge is 0.0991 e. The molecule has 1 aliphatic carbocycles. The first-order valence-corrected chi connectivity index (χ1v) is 20.1. The van der Waals surface area contributed by atoms with Crippen molar-refractivity contribution in [1.82, 2.24) is 0 Å². The van der Waals surface area contributed by atoms with Crippen LogP contribution in [0.4, 0.5) is 17.1 Å². The van der Waals surface area contributed by atoms with Gasteiger partial charge in [0.25, 0.3) is 0 Å². The summed E-state index contributed by atoms with van der Waals surface area (Å²) in [5, 5.41) is 14.4. The second-order valence-corrected chi connectivity index (χ2v) is 15.1. The third-order valence-corrected chi connectivity index (χ3v) is 11.8. The number of nitriles is 1. The summed E-state index contributed by atoms with van der Waals surface area (Å²) < 4.78 is 0. The number of hydrogen-bond acceptors (Lipinski definition) is 2. The zero-order valence-corrected chi connectivity index (χ0v) is 32.2. The van der Waals surface area contributed by atoms with E-state index in [9.17, 15) is 5.26 Å². The first-order valence-electron chi connectivity index (χ1n) is 20.1. The predicted molar refractivity (Wildman–Crippen MR) is 247 cm³/mol. The van der Waals surface area contributed by atoms with Crippen molar-refractivity contribution in [3.63, 3.8) is 0 Å². The third-order valence-electron chi connectivity index (χ3n) is 11.8. The number of para-hydroxylation sites is 1. The Bertz CT molecular complexity index is 3130. The van der Waals surface area contributed by atoms with Crippen LogP contribution in [0.15, 0.2) is 218 Å². The Morgan fingerprint density at radius 2 is 0.712 bits per heavy atom. The van der Waals surface area contributed by atoms with Crippen LogP contribution in [0.3, 0.4) is 0 Å². The summed E-state index contributed by atoms with van der Waals surface area (Å²) in [6.07, 6.45) is 0. The zero-order valence-electron chi connectivity index (χ0n) is 32.2. The summed E-state index contributed by atoms with van der Waals surface area (Å²) >= 11 is 0. The molecular weight excluding hydrogens is 713 g/mol.